The Balaban J connectivity index is 1.47. The lowest BCUT2D eigenvalue weighted by Gasteiger charge is -2.07. The van der Waals surface area contributed by atoms with Gasteiger partial charge in [-0.2, -0.15) is 0 Å². The van der Waals surface area contributed by atoms with Crippen LogP contribution in [0.5, 0.6) is 0 Å². The normalized spacial score (nSPS) is 18.5. The first-order valence-electron chi connectivity index (χ1n) is 7.72. The van der Waals surface area contributed by atoms with Crippen molar-refractivity contribution in [2.75, 3.05) is 11.9 Å². The summed E-state index contributed by atoms with van der Waals surface area (Å²) in [7, 11) is 0. The molecule has 1 aliphatic rings. The molecular weight excluding hydrogens is 333 g/mol. The van der Waals surface area contributed by atoms with Crippen LogP contribution in [0, 0.1) is 23.4 Å². The minimum atomic E-state index is -0.942. The number of hydrogen-bond acceptors (Lipinski definition) is 2. The molecule has 0 spiro atoms. The molecule has 1 saturated carbocycles. The van der Waals surface area contributed by atoms with E-state index in [2.05, 4.69) is 10.6 Å². The van der Waals surface area contributed by atoms with Gasteiger partial charge >= 0.3 is 0 Å². The van der Waals surface area contributed by atoms with Crippen molar-refractivity contribution in [2.24, 2.45) is 5.92 Å². The summed E-state index contributed by atoms with van der Waals surface area (Å²) in [5.41, 5.74) is 0.988. The third kappa shape index (κ3) is 4.17. The molecule has 0 bridgehead atoms. The molecule has 0 saturated heterocycles. The molecule has 2 N–H and O–H groups in total. The fourth-order valence-electron chi connectivity index (χ4n) is 2.63. The summed E-state index contributed by atoms with van der Waals surface area (Å²) < 4.78 is 38.9. The first-order valence-corrected chi connectivity index (χ1v) is 7.72. The molecule has 0 aromatic heterocycles. The summed E-state index contributed by atoms with van der Waals surface area (Å²) in [5.74, 6) is -3.57. The quantitative estimate of drug-likeness (QED) is 0.873. The van der Waals surface area contributed by atoms with Gasteiger partial charge in [0.25, 0.3) is 0 Å². The van der Waals surface area contributed by atoms with Gasteiger partial charge in [0.15, 0.2) is 11.6 Å². The van der Waals surface area contributed by atoms with Crippen LogP contribution in [-0.2, 0) is 9.59 Å². The van der Waals surface area contributed by atoms with Crippen molar-refractivity contribution in [3.05, 3.63) is 65.5 Å². The van der Waals surface area contributed by atoms with Gasteiger partial charge in [0.05, 0.1) is 6.54 Å². The Hall–Kier alpha value is -2.83. The second-order valence-corrected chi connectivity index (χ2v) is 5.90. The Morgan fingerprint density at radius 2 is 1.72 bits per heavy atom. The van der Waals surface area contributed by atoms with Crippen LogP contribution >= 0.6 is 0 Å². The zero-order valence-corrected chi connectivity index (χ0v) is 13.1. The van der Waals surface area contributed by atoms with E-state index < -0.39 is 23.4 Å². The minimum Gasteiger partial charge on any atom is -0.347 e. The van der Waals surface area contributed by atoms with Gasteiger partial charge in [-0.25, -0.2) is 13.2 Å². The van der Waals surface area contributed by atoms with E-state index in [0.29, 0.717) is 17.7 Å². The van der Waals surface area contributed by atoms with Crippen molar-refractivity contribution in [2.45, 2.75) is 12.3 Å². The number of halogens is 3. The third-order valence-corrected chi connectivity index (χ3v) is 4.05. The number of carbonyl (C=O) groups is 2. The summed E-state index contributed by atoms with van der Waals surface area (Å²) in [4.78, 5) is 23.8. The summed E-state index contributed by atoms with van der Waals surface area (Å²) in [5, 5.41) is 5.04. The average molecular weight is 348 g/mol. The van der Waals surface area contributed by atoms with Gasteiger partial charge in [-0.05, 0) is 54.3 Å². The van der Waals surface area contributed by atoms with Gasteiger partial charge < -0.3 is 10.6 Å². The Morgan fingerprint density at radius 3 is 2.40 bits per heavy atom. The summed E-state index contributed by atoms with van der Waals surface area (Å²) >= 11 is 0. The van der Waals surface area contributed by atoms with Crippen LogP contribution in [0.4, 0.5) is 18.9 Å². The molecular formula is C18H15F3N2O2. The summed E-state index contributed by atoms with van der Waals surface area (Å²) in [6, 6.07) is 8.83. The zero-order valence-electron chi connectivity index (χ0n) is 13.1. The van der Waals surface area contributed by atoms with Gasteiger partial charge in [0.2, 0.25) is 11.8 Å². The topological polar surface area (TPSA) is 58.2 Å². The van der Waals surface area contributed by atoms with Crippen molar-refractivity contribution in [1.82, 2.24) is 5.32 Å². The van der Waals surface area contributed by atoms with Gasteiger partial charge in [-0.15, -0.1) is 0 Å². The smallest absolute Gasteiger partial charge is 0.243 e. The van der Waals surface area contributed by atoms with E-state index in [0.717, 1.165) is 12.1 Å². The SMILES string of the molecule is O=C(CNC(=O)[C@@H]1C[C@H]1c1ccc(F)c(F)c1)Nc1ccc(F)cc1. The van der Waals surface area contributed by atoms with Crippen molar-refractivity contribution >= 4 is 17.5 Å². The number of nitrogens with one attached hydrogen (secondary N) is 2. The number of anilines is 1. The third-order valence-electron chi connectivity index (χ3n) is 4.05. The van der Waals surface area contributed by atoms with E-state index in [-0.39, 0.29) is 24.3 Å². The molecule has 130 valence electrons. The van der Waals surface area contributed by atoms with Crippen LogP contribution in [0.25, 0.3) is 0 Å². The molecule has 2 atom stereocenters. The molecule has 3 rings (SSSR count). The number of carbonyl (C=O) groups excluding carboxylic acids is 2. The first-order chi connectivity index (χ1) is 11.9. The highest BCUT2D eigenvalue weighted by Gasteiger charge is 2.44. The molecule has 1 fully saturated rings. The number of hydrogen-bond donors (Lipinski definition) is 2. The highest BCUT2D eigenvalue weighted by atomic mass is 19.2. The maximum Gasteiger partial charge on any atom is 0.243 e. The molecule has 0 unspecified atom stereocenters. The largest absolute Gasteiger partial charge is 0.347 e. The lowest BCUT2D eigenvalue weighted by Crippen LogP contribution is -2.34. The Bertz CT molecular complexity index is 808. The monoisotopic (exact) mass is 348 g/mol. The summed E-state index contributed by atoms with van der Waals surface area (Å²) in [6.45, 7) is -0.225. The van der Waals surface area contributed by atoms with E-state index in [4.69, 9.17) is 0 Å². The van der Waals surface area contributed by atoms with Gasteiger partial charge in [0.1, 0.15) is 5.82 Å². The average Bonchev–Trinajstić information content (AvgIpc) is 3.38. The molecule has 0 heterocycles. The molecule has 2 aromatic carbocycles. The lowest BCUT2D eigenvalue weighted by atomic mass is 10.1. The predicted octanol–water partition coefficient (Wildman–Crippen LogP) is 2.96. The summed E-state index contributed by atoms with van der Waals surface area (Å²) in [6.07, 6.45) is 0.524. The zero-order chi connectivity index (χ0) is 18.0. The van der Waals surface area contributed by atoms with Crippen LogP contribution in [0.15, 0.2) is 42.5 Å². The second kappa shape index (κ2) is 6.96. The van der Waals surface area contributed by atoms with Gasteiger partial charge in [-0.3, -0.25) is 9.59 Å². The van der Waals surface area contributed by atoms with Crippen molar-refractivity contribution in [1.29, 1.82) is 0 Å². The van der Waals surface area contributed by atoms with Gasteiger partial charge in [-0.1, -0.05) is 6.07 Å². The Morgan fingerprint density at radius 1 is 1.00 bits per heavy atom. The maximum atomic E-state index is 13.2. The number of amides is 2. The van der Waals surface area contributed by atoms with E-state index in [1.54, 1.807) is 0 Å². The van der Waals surface area contributed by atoms with Crippen molar-refractivity contribution in [3.8, 4) is 0 Å². The lowest BCUT2D eigenvalue weighted by molar-refractivity contribution is -0.125. The molecule has 4 nitrogen and oxygen atoms in total. The van der Waals surface area contributed by atoms with E-state index in [1.165, 1.54) is 30.3 Å². The Kier molecular flexibility index (Phi) is 4.74. The molecule has 0 aliphatic heterocycles. The fourth-order valence-corrected chi connectivity index (χ4v) is 2.63. The van der Waals surface area contributed by atoms with Crippen molar-refractivity contribution in [3.63, 3.8) is 0 Å². The highest BCUT2D eigenvalue weighted by Crippen LogP contribution is 2.47. The molecule has 0 radical (unpaired) electrons. The standard InChI is InChI=1S/C18H15F3N2O2/c19-11-2-4-12(5-3-11)23-17(24)9-22-18(25)14-8-13(14)10-1-6-15(20)16(21)7-10/h1-7,13-14H,8-9H2,(H,22,25)(H,23,24)/t13-,14+/m0/s1. The maximum absolute atomic E-state index is 13.2. The first kappa shape index (κ1) is 17.0. The number of benzene rings is 2. The molecule has 2 amide bonds. The van der Waals surface area contributed by atoms with E-state index >= 15 is 0 Å². The van der Waals surface area contributed by atoms with Crippen LogP contribution in [0.3, 0.4) is 0 Å². The van der Waals surface area contributed by atoms with Crippen LogP contribution < -0.4 is 10.6 Å². The number of rotatable bonds is 5. The van der Waals surface area contributed by atoms with Crippen LogP contribution in [-0.4, -0.2) is 18.4 Å². The van der Waals surface area contributed by atoms with Crippen LogP contribution in [0.1, 0.15) is 17.9 Å². The predicted molar refractivity (Wildman–Crippen MR) is 85.2 cm³/mol. The van der Waals surface area contributed by atoms with Crippen molar-refractivity contribution < 1.29 is 22.8 Å². The molecule has 1 aliphatic carbocycles. The Labute approximate surface area is 142 Å². The van der Waals surface area contributed by atoms with Gasteiger partial charge in [0, 0.05) is 11.6 Å². The molecule has 7 heteroatoms. The second-order valence-electron chi connectivity index (χ2n) is 5.90. The highest BCUT2D eigenvalue weighted by molar-refractivity contribution is 5.95. The molecule has 25 heavy (non-hydrogen) atoms. The minimum absolute atomic E-state index is 0.171. The van der Waals surface area contributed by atoms with E-state index in [9.17, 15) is 22.8 Å². The fraction of sp³-hybridized carbons (Fsp3) is 0.222. The molecule has 2 aromatic rings. The van der Waals surface area contributed by atoms with E-state index in [1.807, 2.05) is 0 Å². The van der Waals surface area contributed by atoms with Crippen LogP contribution in [0.2, 0.25) is 0 Å².